The number of hydrogen-bond donors (Lipinski definition) is 0. The molecular weight excluding hydrogens is 230 g/mol. The number of nitrogens with zero attached hydrogens (tertiary/aromatic N) is 1. The minimum absolute atomic E-state index is 0.0450. The molecule has 0 amide bonds. The number of aliphatic imine (C=N–C) groups is 1. The van der Waals surface area contributed by atoms with Crippen LogP contribution in [0, 0.1) is 5.41 Å². The second-order valence-corrected chi connectivity index (χ2v) is 5.53. The maximum atomic E-state index is 6.09. The Labute approximate surface area is 108 Å². The van der Waals surface area contributed by atoms with Gasteiger partial charge in [0.1, 0.15) is 0 Å². The molecule has 90 valence electrons. The quantitative estimate of drug-likeness (QED) is 0.643. The van der Waals surface area contributed by atoms with Crippen LogP contribution in [0.2, 0.25) is 5.02 Å². The average molecular weight is 248 g/mol. The number of hydrogen-bond acceptors (Lipinski definition) is 1. The molecular formula is C15H18ClN. The Morgan fingerprint density at radius 2 is 2.18 bits per heavy atom. The second kappa shape index (κ2) is 4.66. The van der Waals surface area contributed by atoms with Crippen molar-refractivity contribution in [2.75, 3.05) is 0 Å². The fourth-order valence-corrected chi connectivity index (χ4v) is 2.41. The third-order valence-electron chi connectivity index (χ3n) is 3.23. The summed E-state index contributed by atoms with van der Waals surface area (Å²) in [5.74, 6) is 0.355. The van der Waals surface area contributed by atoms with E-state index in [9.17, 15) is 0 Å². The molecule has 0 N–H and O–H groups in total. The Morgan fingerprint density at radius 1 is 1.41 bits per heavy atom. The van der Waals surface area contributed by atoms with Crippen molar-refractivity contribution in [2.24, 2.45) is 10.4 Å². The zero-order valence-corrected chi connectivity index (χ0v) is 11.3. The van der Waals surface area contributed by atoms with Crippen LogP contribution in [-0.2, 0) is 0 Å². The maximum absolute atomic E-state index is 6.09. The van der Waals surface area contributed by atoms with Crippen LogP contribution in [0.5, 0.6) is 0 Å². The predicted octanol–water partition coefficient (Wildman–Crippen LogP) is 5.13. The first-order valence-corrected chi connectivity index (χ1v) is 6.43. The smallest absolute Gasteiger partial charge is 0.0665 e. The first kappa shape index (κ1) is 12.4. The van der Waals surface area contributed by atoms with Crippen LogP contribution in [0.3, 0.4) is 0 Å². The molecule has 2 heteroatoms. The Morgan fingerprint density at radius 3 is 2.88 bits per heavy atom. The molecule has 0 spiro atoms. The van der Waals surface area contributed by atoms with E-state index >= 15 is 0 Å². The van der Waals surface area contributed by atoms with Gasteiger partial charge in [0.25, 0.3) is 0 Å². The molecule has 1 nitrogen and oxygen atoms in total. The van der Waals surface area contributed by atoms with Crippen LogP contribution in [0.15, 0.2) is 35.3 Å². The standard InChI is InChI=1S/C15H18ClN/c1-4-5-6-13-12-9-11(16)7-8-14(12)17-10-15(13,2)3/h5-10,13H,4H2,1-3H3/b6-5-. The molecule has 0 aliphatic carbocycles. The molecule has 0 saturated carbocycles. The second-order valence-electron chi connectivity index (χ2n) is 5.10. The SMILES string of the molecule is CC/C=C\C1c2cc(Cl)ccc2N=CC1(C)C. The Bertz CT molecular complexity index is 472. The van der Waals surface area contributed by atoms with Crippen LogP contribution in [0.1, 0.15) is 38.7 Å². The normalized spacial score (nSPS) is 21.8. The van der Waals surface area contributed by atoms with E-state index < -0.39 is 0 Å². The summed E-state index contributed by atoms with van der Waals surface area (Å²) < 4.78 is 0. The molecule has 1 aliphatic heterocycles. The topological polar surface area (TPSA) is 12.4 Å². The first-order chi connectivity index (χ1) is 8.04. The van der Waals surface area contributed by atoms with Gasteiger partial charge >= 0.3 is 0 Å². The highest BCUT2D eigenvalue weighted by Crippen LogP contribution is 2.44. The van der Waals surface area contributed by atoms with Crippen molar-refractivity contribution >= 4 is 23.5 Å². The number of fused-ring (bicyclic) bond motifs is 1. The third kappa shape index (κ3) is 2.44. The molecule has 17 heavy (non-hydrogen) atoms. The lowest BCUT2D eigenvalue weighted by Crippen LogP contribution is -2.25. The molecule has 0 fully saturated rings. The zero-order chi connectivity index (χ0) is 12.5. The van der Waals surface area contributed by atoms with Gasteiger partial charge < -0.3 is 0 Å². The average Bonchev–Trinajstić information content (AvgIpc) is 2.27. The van der Waals surface area contributed by atoms with Gasteiger partial charge in [-0.25, -0.2) is 0 Å². The van der Waals surface area contributed by atoms with Crippen molar-refractivity contribution in [2.45, 2.75) is 33.1 Å². The molecule has 1 aromatic carbocycles. The van der Waals surface area contributed by atoms with Crippen LogP contribution in [-0.4, -0.2) is 6.21 Å². The van der Waals surface area contributed by atoms with E-state index in [-0.39, 0.29) is 5.41 Å². The molecule has 1 unspecified atom stereocenters. The molecule has 0 aromatic heterocycles. The van der Waals surface area contributed by atoms with Crippen molar-refractivity contribution < 1.29 is 0 Å². The zero-order valence-electron chi connectivity index (χ0n) is 10.6. The highest BCUT2D eigenvalue weighted by molar-refractivity contribution is 6.30. The Balaban J connectivity index is 2.51. The van der Waals surface area contributed by atoms with Crippen LogP contribution in [0.25, 0.3) is 0 Å². The van der Waals surface area contributed by atoms with Gasteiger partial charge in [-0.15, -0.1) is 0 Å². The summed E-state index contributed by atoms with van der Waals surface area (Å²) in [4.78, 5) is 4.53. The first-order valence-electron chi connectivity index (χ1n) is 6.06. The summed E-state index contributed by atoms with van der Waals surface area (Å²) in [5.41, 5.74) is 2.32. The lowest BCUT2D eigenvalue weighted by atomic mass is 9.73. The van der Waals surface area contributed by atoms with E-state index in [1.165, 1.54) is 5.56 Å². The Kier molecular flexibility index (Phi) is 3.39. The van der Waals surface area contributed by atoms with Crippen LogP contribution >= 0.6 is 11.6 Å². The van der Waals surface area contributed by atoms with Gasteiger partial charge in [-0.05, 0) is 30.2 Å². The van der Waals surface area contributed by atoms with Gasteiger partial charge in [0.2, 0.25) is 0 Å². The van der Waals surface area contributed by atoms with E-state index in [4.69, 9.17) is 11.6 Å². The highest BCUT2D eigenvalue weighted by atomic mass is 35.5. The third-order valence-corrected chi connectivity index (χ3v) is 3.46. The molecule has 0 saturated heterocycles. The Hall–Kier alpha value is -1.08. The minimum Gasteiger partial charge on any atom is -0.260 e. The molecule has 1 aliphatic rings. The summed E-state index contributed by atoms with van der Waals surface area (Å²) in [5, 5.41) is 0.784. The summed E-state index contributed by atoms with van der Waals surface area (Å²) in [6.45, 7) is 6.58. The van der Waals surface area contributed by atoms with Crippen LogP contribution in [0.4, 0.5) is 5.69 Å². The number of halogens is 1. The summed E-state index contributed by atoms with van der Waals surface area (Å²) in [7, 11) is 0. The van der Waals surface area contributed by atoms with Gasteiger partial charge in [-0.3, -0.25) is 4.99 Å². The van der Waals surface area contributed by atoms with Gasteiger partial charge in [-0.1, -0.05) is 44.5 Å². The number of rotatable bonds is 2. The van der Waals surface area contributed by atoms with Gasteiger partial charge in [0.05, 0.1) is 5.69 Å². The van der Waals surface area contributed by atoms with E-state index in [0.717, 1.165) is 17.1 Å². The molecule has 2 rings (SSSR count). The predicted molar refractivity (Wildman–Crippen MR) is 75.6 cm³/mol. The summed E-state index contributed by atoms with van der Waals surface area (Å²) >= 11 is 6.09. The van der Waals surface area contributed by atoms with E-state index in [1.54, 1.807) is 0 Å². The van der Waals surface area contributed by atoms with Crippen molar-refractivity contribution in [3.05, 3.63) is 40.9 Å². The molecule has 0 radical (unpaired) electrons. The lowest BCUT2D eigenvalue weighted by Gasteiger charge is -2.33. The van der Waals surface area contributed by atoms with E-state index in [0.29, 0.717) is 5.92 Å². The summed E-state index contributed by atoms with van der Waals surface area (Å²) in [6, 6.07) is 5.94. The summed E-state index contributed by atoms with van der Waals surface area (Å²) in [6.07, 6.45) is 7.60. The van der Waals surface area contributed by atoms with Crippen molar-refractivity contribution in [1.82, 2.24) is 0 Å². The van der Waals surface area contributed by atoms with Gasteiger partial charge in [-0.2, -0.15) is 0 Å². The highest BCUT2D eigenvalue weighted by Gasteiger charge is 2.31. The van der Waals surface area contributed by atoms with Crippen molar-refractivity contribution in [3.8, 4) is 0 Å². The maximum Gasteiger partial charge on any atom is 0.0665 e. The van der Waals surface area contributed by atoms with Gasteiger partial charge in [0, 0.05) is 22.6 Å². The molecule has 0 bridgehead atoms. The monoisotopic (exact) mass is 247 g/mol. The van der Waals surface area contributed by atoms with E-state index in [2.05, 4.69) is 37.9 Å². The van der Waals surface area contributed by atoms with E-state index in [1.807, 2.05) is 24.4 Å². The fraction of sp³-hybridized carbons (Fsp3) is 0.400. The van der Waals surface area contributed by atoms with Gasteiger partial charge in [0.15, 0.2) is 0 Å². The molecule has 1 aromatic rings. The lowest BCUT2D eigenvalue weighted by molar-refractivity contribution is 0.470. The largest absolute Gasteiger partial charge is 0.260 e. The van der Waals surface area contributed by atoms with Crippen molar-refractivity contribution in [3.63, 3.8) is 0 Å². The molecule has 1 heterocycles. The minimum atomic E-state index is 0.0450. The number of allylic oxidation sites excluding steroid dienone is 2. The van der Waals surface area contributed by atoms with Crippen LogP contribution < -0.4 is 0 Å². The fourth-order valence-electron chi connectivity index (χ4n) is 2.23. The van der Waals surface area contributed by atoms with Crippen molar-refractivity contribution in [1.29, 1.82) is 0 Å². The molecule has 1 atom stereocenters. The number of benzene rings is 1.